The Morgan fingerprint density at radius 1 is 1.24 bits per heavy atom. The molecule has 9 heteroatoms. The molecule has 0 fully saturated rings. The number of amides is 1. The van der Waals surface area contributed by atoms with Crippen LogP contribution in [-0.4, -0.2) is 33.7 Å². The maximum absolute atomic E-state index is 13.4. The predicted molar refractivity (Wildman–Crippen MR) is 110 cm³/mol. The zero-order valence-electron chi connectivity index (χ0n) is 15.1. The largest absolute Gasteiger partial charge is 0.484 e. The summed E-state index contributed by atoms with van der Waals surface area (Å²) < 4.78 is 20.6. The minimum absolute atomic E-state index is 0.0757. The minimum atomic E-state index is -0.329. The molecule has 2 heterocycles. The van der Waals surface area contributed by atoms with E-state index >= 15 is 0 Å². The van der Waals surface area contributed by atoms with Crippen LogP contribution in [0.15, 0.2) is 53.9 Å². The van der Waals surface area contributed by atoms with Crippen molar-refractivity contribution in [3.63, 3.8) is 0 Å². The highest BCUT2D eigenvalue weighted by Crippen LogP contribution is 2.21. The topological polar surface area (TPSA) is 68.5 Å². The van der Waals surface area contributed by atoms with Gasteiger partial charge in [0, 0.05) is 28.9 Å². The quantitative estimate of drug-likeness (QED) is 0.481. The molecule has 1 amide bonds. The van der Waals surface area contributed by atoms with Crippen molar-refractivity contribution in [1.29, 1.82) is 0 Å². The Morgan fingerprint density at radius 3 is 2.86 bits per heavy atom. The minimum Gasteiger partial charge on any atom is -0.484 e. The first-order chi connectivity index (χ1) is 14.1. The van der Waals surface area contributed by atoms with E-state index in [2.05, 4.69) is 15.4 Å². The molecule has 0 atom stereocenters. The summed E-state index contributed by atoms with van der Waals surface area (Å²) in [5.74, 6) is 0.504. The van der Waals surface area contributed by atoms with Crippen LogP contribution in [0, 0.1) is 5.82 Å². The molecule has 148 valence electrons. The zero-order chi connectivity index (χ0) is 20.2. The highest BCUT2D eigenvalue weighted by atomic mass is 35.5. The van der Waals surface area contributed by atoms with Crippen molar-refractivity contribution < 1.29 is 13.9 Å². The standard InChI is InChI=1S/C20H16ClFN4O2S/c21-14-4-6-17(7-5-14)28-11-18(27)23-9-8-16-12-29-20-24-19(25-26(16)20)13-2-1-3-15(22)10-13/h1-7,10,12H,8-9,11H2,(H,23,27). The average Bonchev–Trinajstić information content (AvgIpc) is 3.29. The van der Waals surface area contributed by atoms with Gasteiger partial charge in [-0.2, -0.15) is 4.98 Å². The van der Waals surface area contributed by atoms with Crippen LogP contribution in [-0.2, 0) is 11.2 Å². The highest BCUT2D eigenvalue weighted by molar-refractivity contribution is 7.15. The summed E-state index contributed by atoms with van der Waals surface area (Å²) in [4.78, 5) is 17.1. The van der Waals surface area contributed by atoms with E-state index in [1.807, 2.05) is 5.38 Å². The van der Waals surface area contributed by atoms with E-state index in [4.69, 9.17) is 16.3 Å². The Hall–Kier alpha value is -2.97. The molecule has 6 nitrogen and oxygen atoms in total. The number of hydrogen-bond donors (Lipinski definition) is 1. The molecule has 4 rings (SSSR count). The summed E-state index contributed by atoms with van der Waals surface area (Å²) in [6, 6.07) is 13.0. The number of thiazole rings is 1. The maximum atomic E-state index is 13.4. The van der Waals surface area contributed by atoms with E-state index in [1.165, 1.54) is 23.5 Å². The zero-order valence-corrected chi connectivity index (χ0v) is 16.7. The lowest BCUT2D eigenvalue weighted by Gasteiger charge is -2.07. The van der Waals surface area contributed by atoms with E-state index in [0.717, 1.165) is 10.7 Å². The summed E-state index contributed by atoms with van der Waals surface area (Å²) in [6.07, 6.45) is 0.582. The second-order valence-electron chi connectivity index (χ2n) is 6.21. The number of nitrogens with zero attached hydrogens (tertiary/aromatic N) is 3. The Balaban J connectivity index is 1.32. The van der Waals surface area contributed by atoms with Gasteiger partial charge in [0.2, 0.25) is 4.96 Å². The van der Waals surface area contributed by atoms with Crippen molar-refractivity contribution in [1.82, 2.24) is 19.9 Å². The fraction of sp³-hybridized carbons (Fsp3) is 0.150. The number of rotatable bonds is 7. The smallest absolute Gasteiger partial charge is 0.257 e. The van der Waals surface area contributed by atoms with Crippen LogP contribution in [0.5, 0.6) is 5.75 Å². The number of benzene rings is 2. The van der Waals surface area contributed by atoms with Gasteiger partial charge in [-0.3, -0.25) is 4.79 Å². The molecule has 0 unspecified atom stereocenters. The molecule has 0 aliphatic carbocycles. The summed E-state index contributed by atoms with van der Waals surface area (Å²) in [5, 5.41) is 9.84. The summed E-state index contributed by atoms with van der Waals surface area (Å²) in [5.41, 5.74) is 1.54. The maximum Gasteiger partial charge on any atom is 0.257 e. The normalized spacial score (nSPS) is 11.0. The van der Waals surface area contributed by atoms with Crippen molar-refractivity contribution in [2.24, 2.45) is 0 Å². The van der Waals surface area contributed by atoms with Crippen LogP contribution in [0.1, 0.15) is 5.69 Å². The fourth-order valence-electron chi connectivity index (χ4n) is 2.71. The summed E-state index contributed by atoms with van der Waals surface area (Å²) in [6.45, 7) is 0.359. The third-order valence-corrected chi connectivity index (χ3v) is 5.24. The highest BCUT2D eigenvalue weighted by Gasteiger charge is 2.12. The van der Waals surface area contributed by atoms with Gasteiger partial charge in [0.25, 0.3) is 5.91 Å². The molecule has 0 radical (unpaired) electrons. The van der Waals surface area contributed by atoms with Gasteiger partial charge < -0.3 is 10.1 Å². The van der Waals surface area contributed by atoms with Crippen molar-refractivity contribution in [2.45, 2.75) is 6.42 Å². The van der Waals surface area contributed by atoms with E-state index in [9.17, 15) is 9.18 Å². The van der Waals surface area contributed by atoms with Gasteiger partial charge in [0.15, 0.2) is 12.4 Å². The third kappa shape index (κ3) is 4.72. The van der Waals surface area contributed by atoms with Crippen LogP contribution in [0.2, 0.25) is 5.02 Å². The van der Waals surface area contributed by atoms with Gasteiger partial charge in [-0.05, 0) is 36.4 Å². The monoisotopic (exact) mass is 430 g/mol. The number of hydrogen-bond acceptors (Lipinski definition) is 5. The number of carbonyl (C=O) groups is 1. The van der Waals surface area contributed by atoms with Gasteiger partial charge >= 0.3 is 0 Å². The Kier molecular flexibility index (Phi) is 5.73. The summed E-state index contributed by atoms with van der Waals surface area (Å²) >= 11 is 7.26. The van der Waals surface area contributed by atoms with E-state index in [1.54, 1.807) is 40.9 Å². The van der Waals surface area contributed by atoms with E-state index in [-0.39, 0.29) is 18.3 Å². The molecular formula is C20H16ClFN4O2S. The lowest BCUT2D eigenvalue weighted by molar-refractivity contribution is -0.123. The second-order valence-corrected chi connectivity index (χ2v) is 7.48. The number of aromatic nitrogens is 3. The number of nitrogens with one attached hydrogen (secondary N) is 1. The Bertz CT molecular complexity index is 1140. The van der Waals surface area contributed by atoms with Gasteiger partial charge in [-0.1, -0.05) is 23.7 Å². The lowest BCUT2D eigenvalue weighted by atomic mass is 10.2. The van der Waals surface area contributed by atoms with Gasteiger partial charge in [-0.15, -0.1) is 16.4 Å². The number of ether oxygens (including phenoxy) is 1. The molecule has 0 aliphatic rings. The third-order valence-electron chi connectivity index (χ3n) is 4.12. The molecular weight excluding hydrogens is 415 g/mol. The number of carbonyl (C=O) groups excluding carboxylic acids is 1. The molecule has 1 N–H and O–H groups in total. The predicted octanol–water partition coefficient (Wildman–Crippen LogP) is 3.99. The van der Waals surface area contributed by atoms with Crippen LogP contribution in [0.4, 0.5) is 4.39 Å². The van der Waals surface area contributed by atoms with Crippen LogP contribution < -0.4 is 10.1 Å². The van der Waals surface area contributed by atoms with Crippen molar-refractivity contribution >= 4 is 33.8 Å². The lowest BCUT2D eigenvalue weighted by Crippen LogP contribution is -2.30. The Labute approximate surface area is 174 Å². The van der Waals surface area contributed by atoms with E-state index < -0.39 is 0 Å². The van der Waals surface area contributed by atoms with Gasteiger partial charge in [0.1, 0.15) is 11.6 Å². The van der Waals surface area contributed by atoms with Crippen molar-refractivity contribution in [2.75, 3.05) is 13.2 Å². The second kappa shape index (κ2) is 8.59. The molecule has 0 saturated heterocycles. The molecule has 0 aliphatic heterocycles. The van der Waals surface area contributed by atoms with Gasteiger partial charge in [-0.25, -0.2) is 8.91 Å². The van der Waals surface area contributed by atoms with Crippen molar-refractivity contribution in [3.05, 3.63) is 70.4 Å². The first kappa shape index (κ1) is 19.4. The Morgan fingerprint density at radius 2 is 2.07 bits per heavy atom. The van der Waals surface area contributed by atoms with Crippen LogP contribution >= 0.6 is 22.9 Å². The molecule has 2 aromatic carbocycles. The van der Waals surface area contributed by atoms with Crippen LogP contribution in [0.25, 0.3) is 16.3 Å². The number of halogens is 2. The van der Waals surface area contributed by atoms with E-state index in [0.29, 0.717) is 35.1 Å². The SMILES string of the molecule is O=C(COc1ccc(Cl)cc1)NCCc1csc2nc(-c3cccc(F)c3)nn12. The molecule has 4 aromatic rings. The number of fused-ring (bicyclic) bond motifs is 1. The molecule has 0 bridgehead atoms. The van der Waals surface area contributed by atoms with Crippen molar-refractivity contribution in [3.8, 4) is 17.1 Å². The molecule has 29 heavy (non-hydrogen) atoms. The van der Waals surface area contributed by atoms with Gasteiger partial charge in [0.05, 0.1) is 5.69 Å². The first-order valence-corrected chi connectivity index (χ1v) is 10.1. The first-order valence-electron chi connectivity index (χ1n) is 8.82. The molecule has 0 saturated carbocycles. The fourth-order valence-corrected chi connectivity index (χ4v) is 3.69. The summed E-state index contributed by atoms with van der Waals surface area (Å²) in [7, 11) is 0. The molecule has 2 aromatic heterocycles. The average molecular weight is 431 g/mol. The molecule has 0 spiro atoms. The van der Waals surface area contributed by atoms with Crippen LogP contribution in [0.3, 0.4) is 0 Å².